The smallest absolute Gasteiger partial charge is 0.133 e. The van der Waals surface area contributed by atoms with Gasteiger partial charge >= 0.3 is 0 Å². The number of nitrogens with zero attached hydrogens (tertiary/aromatic N) is 4. The Labute approximate surface area is 421 Å². The SMILES string of the molecule is c1ccc(Oc2cc(Oc3cccc(N(c4ccccc4)c4cc(N(c5ccccc5)c5ccccc5)cc(N(c5ccccc5)c5ccccc5)c4)c3)cc(N(c3ccccc3)c3ccccc3)c2)cc1. The van der Waals surface area contributed by atoms with Gasteiger partial charge in [-0.3, -0.25) is 0 Å². The van der Waals surface area contributed by atoms with E-state index in [1.54, 1.807) is 0 Å². The molecule has 0 saturated carbocycles. The third-order valence-corrected chi connectivity index (χ3v) is 12.2. The van der Waals surface area contributed by atoms with Crippen LogP contribution in [-0.4, -0.2) is 0 Å². The van der Waals surface area contributed by atoms with Crippen LogP contribution in [0.2, 0.25) is 0 Å². The highest BCUT2D eigenvalue weighted by Gasteiger charge is 2.23. The van der Waals surface area contributed by atoms with E-state index in [1.165, 1.54) is 0 Å². The highest BCUT2D eigenvalue weighted by Crippen LogP contribution is 2.47. The molecule has 0 aliphatic heterocycles. The maximum Gasteiger partial charge on any atom is 0.133 e. The lowest BCUT2D eigenvalue weighted by Crippen LogP contribution is -2.16. The summed E-state index contributed by atoms with van der Waals surface area (Å²) in [7, 11) is 0. The highest BCUT2D eigenvalue weighted by molar-refractivity contribution is 5.89. The lowest BCUT2D eigenvalue weighted by molar-refractivity contribution is 0.460. The summed E-state index contributed by atoms with van der Waals surface area (Å²) in [6.45, 7) is 0. The van der Waals surface area contributed by atoms with Gasteiger partial charge in [-0.1, -0.05) is 152 Å². The number of para-hydroxylation sites is 8. The van der Waals surface area contributed by atoms with Gasteiger partial charge in [0.15, 0.2) is 0 Å². The molecule has 0 amide bonds. The summed E-state index contributed by atoms with van der Waals surface area (Å²) in [5.74, 6) is 2.64. The van der Waals surface area contributed by atoms with Crippen LogP contribution in [0.1, 0.15) is 0 Å². The number of hydrogen-bond donors (Lipinski definition) is 0. The molecule has 11 aromatic rings. The van der Waals surface area contributed by atoms with Gasteiger partial charge in [0.1, 0.15) is 23.0 Å². The van der Waals surface area contributed by atoms with Crippen molar-refractivity contribution in [1.82, 2.24) is 0 Å². The molecular formula is C66H50N4O2. The van der Waals surface area contributed by atoms with E-state index in [9.17, 15) is 0 Å². The van der Waals surface area contributed by atoms with E-state index in [1.807, 2.05) is 54.6 Å². The van der Waals surface area contributed by atoms with E-state index < -0.39 is 0 Å². The van der Waals surface area contributed by atoms with Crippen molar-refractivity contribution in [2.45, 2.75) is 0 Å². The average molecular weight is 931 g/mol. The zero-order valence-electron chi connectivity index (χ0n) is 39.5. The molecule has 0 unspecified atom stereocenters. The molecule has 0 aromatic heterocycles. The van der Waals surface area contributed by atoms with Crippen LogP contribution in [0.15, 0.2) is 303 Å². The second-order valence-corrected chi connectivity index (χ2v) is 17.1. The Kier molecular flexibility index (Phi) is 13.2. The fraction of sp³-hybridized carbons (Fsp3) is 0. The van der Waals surface area contributed by atoms with E-state index in [2.05, 4.69) is 268 Å². The van der Waals surface area contributed by atoms with Gasteiger partial charge in [-0.2, -0.15) is 0 Å². The third-order valence-electron chi connectivity index (χ3n) is 12.2. The van der Waals surface area contributed by atoms with Crippen molar-refractivity contribution in [2.75, 3.05) is 19.6 Å². The van der Waals surface area contributed by atoms with E-state index in [4.69, 9.17) is 9.47 Å². The van der Waals surface area contributed by atoms with Gasteiger partial charge in [0.05, 0.1) is 22.7 Å². The normalized spacial score (nSPS) is 10.8. The molecular weight excluding hydrogens is 881 g/mol. The molecule has 0 radical (unpaired) electrons. The van der Waals surface area contributed by atoms with Gasteiger partial charge in [0, 0.05) is 69.8 Å². The fourth-order valence-corrected chi connectivity index (χ4v) is 9.05. The molecule has 0 aliphatic carbocycles. The summed E-state index contributed by atoms with van der Waals surface area (Å²) < 4.78 is 13.6. The van der Waals surface area contributed by atoms with Crippen molar-refractivity contribution >= 4 is 68.2 Å². The van der Waals surface area contributed by atoms with Crippen molar-refractivity contribution in [2.24, 2.45) is 0 Å². The standard InChI is InChI=1S/C66H50N4O2/c1-9-26-51(27-10-1)67(52-28-11-2-12-29-52)59-44-60(68(53-30-13-3-14-31-53)54-32-15-4-16-33-54)46-61(45-59)70(57-38-21-7-22-39-57)58-40-25-43-64(47-58)72-66-49-62(48-65(50-66)71-63-41-23-8-24-42-63)69(55-34-17-5-18-35-55)56-36-19-6-20-37-56/h1-50H. The van der Waals surface area contributed by atoms with Crippen LogP contribution in [0.4, 0.5) is 68.2 Å². The molecule has 0 fully saturated rings. The predicted octanol–water partition coefficient (Wildman–Crippen LogP) is 19.2. The van der Waals surface area contributed by atoms with Crippen LogP contribution >= 0.6 is 0 Å². The summed E-state index contributed by atoms with van der Waals surface area (Å²) in [5, 5.41) is 0. The molecule has 0 bridgehead atoms. The molecule has 346 valence electrons. The first kappa shape index (κ1) is 44.7. The van der Waals surface area contributed by atoms with Gasteiger partial charge in [-0.05, 0) is 127 Å². The first-order valence-electron chi connectivity index (χ1n) is 24.1. The van der Waals surface area contributed by atoms with E-state index in [-0.39, 0.29) is 0 Å². The number of anilines is 12. The Hall–Kier alpha value is -9.78. The zero-order chi connectivity index (χ0) is 48.3. The minimum atomic E-state index is 0.616. The summed E-state index contributed by atoms with van der Waals surface area (Å²) >= 11 is 0. The molecule has 0 N–H and O–H groups in total. The van der Waals surface area contributed by atoms with Gasteiger partial charge in [0.2, 0.25) is 0 Å². The summed E-state index contributed by atoms with van der Waals surface area (Å²) in [6, 6.07) is 104. The van der Waals surface area contributed by atoms with Crippen LogP contribution in [0, 0.1) is 0 Å². The van der Waals surface area contributed by atoms with Gasteiger partial charge in [-0.25, -0.2) is 0 Å². The van der Waals surface area contributed by atoms with Crippen molar-refractivity contribution < 1.29 is 9.47 Å². The molecule has 72 heavy (non-hydrogen) atoms. The Morgan fingerprint density at radius 2 is 0.375 bits per heavy atom. The van der Waals surface area contributed by atoms with Crippen LogP contribution in [-0.2, 0) is 0 Å². The molecule has 6 heteroatoms. The summed E-state index contributed by atoms with van der Waals surface area (Å²) in [5.41, 5.74) is 11.8. The lowest BCUT2D eigenvalue weighted by atomic mass is 10.1. The Balaban J connectivity index is 1.07. The van der Waals surface area contributed by atoms with Crippen LogP contribution in [0.25, 0.3) is 0 Å². The number of benzene rings is 11. The van der Waals surface area contributed by atoms with Crippen molar-refractivity contribution in [3.63, 3.8) is 0 Å². The maximum atomic E-state index is 6.99. The van der Waals surface area contributed by atoms with Crippen molar-refractivity contribution in [3.8, 4) is 23.0 Å². The van der Waals surface area contributed by atoms with E-state index >= 15 is 0 Å². The molecule has 11 aromatic carbocycles. The van der Waals surface area contributed by atoms with Gasteiger partial charge < -0.3 is 29.1 Å². The fourth-order valence-electron chi connectivity index (χ4n) is 9.05. The number of hydrogen-bond acceptors (Lipinski definition) is 6. The average Bonchev–Trinajstić information content (AvgIpc) is 3.44. The summed E-state index contributed by atoms with van der Waals surface area (Å²) in [6.07, 6.45) is 0. The monoisotopic (exact) mass is 930 g/mol. The number of ether oxygens (including phenoxy) is 2. The minimum Gasteiger partial charge on any atom is -0.457 e. The van der Waals surface area contributed by atoms with Crippen molar-refractivity contribution in [1.29, 1.82) is 0 Å². The van der Waals surface area contributed by atoms with Crippen LogP contribution in [0.5, 0.6) is 23.0 Å². The first-order valence-corrected chi connectivity index (χ1v) is 24.1. The molecule has 0 aliphatic rings. The second kappa shape index (κ2) is 21.2. The molecule has 6 nitrogen and oxygen atoms in total. The maximum absolute atomic E-state index is 6.99. The second-order valence-electron chi connectivity index (χ2n) is 17.1. The van der Waals surface area contributed by atoms with Gasteiger partial charge in [-0.15, -0.1) is 0 Å². The predicted molar refractivity (Wildman–Crippen MR) is 298 cm³/mol. The molecule has 0 atom stereocenters. The third kappa shape index (κ3) is 10.2. The number of rotatable bonds is 16. The van der Waals surface area contributed by atoms with Gasteiger partial charge in [0.25, 0.3) is 0 Å². The topological polar surface area (TPSA) is 31.4 Å². The minimum absolute atomic E-state index is 0.616. The van der Waals surface area contributed by atoms with Crippen molar-refractivity contribution in [3.05, 3.63) is 303 Å². The molecule has 0 spiro atoms. The Morgan fingerprint density at radius 1 is 0.153 bits per heavy atom. The first-order chi connectivity index (χ1) is 35.7. The molecule has 0 heterocycles. The van der Waals surface area contributed by atoms with Crippen LogP contribution in [0.3, 0.4) is 0 Å². The van der Waals surface area contributed by atoms with E-state index in [0.29, 0.717) is 17.2 Å². The quantitative estimate of drug-likeness (QED) is 0.0960. The molecule has 11 rings (SSSR count). The molecule has 0 saturated heterocycles. The lowest BCUT2D eigenvalue weighted by Gasteiger charge is -2.33. The van der Waals surface area contributed by atoms with Crippen LogP contribution < -0.4 is 29.1 Å². The van der Waals surface area contributed by atoms with E-state index in [0.717, 1.165) is 74.0 Å². The largest absolute Gasteiger partial charge is 0.457 e. The Bertz CT molecular complexity index is 3240. The zero-order valence-corrected chi connectivity index (χ0v) is 39.5. The Morgan fingerprint density at radius 3 is 0.694 bits per heavy atom. The summed E-state index contributed by atoms with van der Waals surface area (Å²) in [4.78, 5) is 9.15. The highest BCUT2D eigenvalue weighted by atomic mass is 16.5.